The average molecular weight is 473 g/mol. The lowest BCUT2D eigenvalue weighted by Gasteiger charge is -2.27. The molecule has 0 saturated carbocycles. The van der Waals surface area contributed by atoms with Gasteiger partial charge in [0.05, 0.1) is 26.0 Å². The highest BCUT2D eigenvalue weighted by molar-refractivity contribution is 8.08. The number of allylic oxidation sites excluding steroid dienone is 2. The van der Waals surface area contributed by atoms with Gasteiger partial charge in [-0.05, 0) is 6.08 Å². The standard InChI is InChI=1S/C16H20N6O7S2/c1-4-30(24,25)13-14(22-8-6-5-7-10(22)17-13)31(26,27)21-16(23)20-15-18-11(28-2)9-12(19-15)29-3/h5-7,9,14H,4,8H2,1-3H3,(H2,18,19,20,21,23)/t14-/m1/s1. The van der Waals surface area contributed by atoms with Gasteiger partial charge in [0, 0.05) is 6.54 Å². The van der Waals surface area contributed by atoms with E-state index in [1.54, 1.807) is 16.9 Å². The molecule has 0 radical (unpaired) electrons. The molecule has 0 fully saturated rings. The molecule has 0 unspecified atom stereocenters. The molecule has 2 amide bonds. The van der Waals surface area contributed by atoms with E-state index in [9.17, 15) is 21.6 Å². The summed E-state index contributed by atoms with van der Waals surface area (Å²) in [5.74, 6) is -0.327. The first-order valence-electron chi connectivity index (χ1n) is 8.85. The maximum Gasteiger partial charge on any atom is 0.335 e. The van der Waals surface area contributed by atoms with Crippen molar-refractivity contribution >= 4 is 36.9 Å². The number of nitrogens with one attached hydrogen (secondary N) is 2. The number of sulfone groups is 1. The Balaban J connectivity index is 1.87. The van der Waals surface area contributed by atoms with Crippen LogP contribution in [0.5, 0.6) is 11.8 Å². The van der Waals surface area contributed by atoms with Crippen LogP contribution in [0.2, 0.25) is 0 Å². The molecule has 3 heterocycles. The second-order valence-corrected chi connectivity index (χ2v) is 10.2. The van der Waals surface area contributed by atoms with E-state index in [2.05, 4.69) is 20.3 Å². The Bertz CT molecular complexity index is 1170. The van der Waals surface area contributed by atoms with E-state index >= 15 is 0 Å². The number of nitrogens with zero attached hydrogens (tertiary/aromatic N) is 4. The monoisotopic (exact) mass is 472 g/mol. The zero-order valence-electron chi connectivity index (χ0n) is 16.8. The van der Waals surface area contributed by atoms with Gasteiger partial charge in [-0.1, -0.05) is 19.1 Å². The number of carbonyl (C=O) groups excluding carboxylic acids is 1. The first-order valence-corrected chi connectivity index (χ1v) is 12.1. The van der Waals surface area contributed by atoms with Crippen LogP contribution in [0.25, 0.3) is 0 Å². The van der Waals surface area contributed by atoms with Crippen LogP contribution in [0, 0.1) is 0 Å². The Hall–Kier alpha value is -3.20. The molecule has 168 valence electrons. The van der Waals surface area contributed by atoms with Crippen molar-refractivity contribution in [1.29, 1.82) is 0 Å². The Morgan fingerprint density at radius 2 is 1.84 bits per heavy atom. The van der Waals surface area contributed by atoms with Crippen molar-refractivity contribution in [2.45, 2.75) is 12.3 Å². The average Bonchev–Trinajstić information content (AvgIpc) is 3.14. The molecule has 31 heavy (non-hydrogen) atoms. The van der Waals surface area contributed by atoms with E-state index in [-0.39, 0.29) is 35.8 Å². The first-order chi connectivity index (χ1) is 14.6. The lowest BCUT2D eigenvalue weighted by atomic mass is 10.3. The molecule has 0 saturated heterocycles. The maximum atomic E-state index is 13.0. The molecule has 0 aliphatic carbocycles. The van der Waals surface area contributed by atoms with Crippen molar-refractivity contribution in [2.75, 3.05) is 31.8 Å². The Labute approximate surface area is 178 Å². The molecule has 13 nitrogen and oxygen atoms in total. The van der Waals surface area contributed by atoms with E-state index < -0.39 is 36.3 Å². The van der Waals surface area contributed by atoms with Gasteiger partial charge in [-0.2, -0.15) is 9.97 Å². The molecular weight excluding hydrogens is 452 g/mol. The van der Waals surface area contributed by atoms with Crippen LogP contribution in [-0.4, -0.2) is 74.7 Å². The highest BCUT2D eigenvalue weighted by Gasteiger charge is 2.47. The summed E-state index contributed by atoms with van der Waals surface area (Å²) in [6.07, 6.45) is 4.76. The Kier molecular flexibility index (Phi) is 6.17. The summed E-state index contributed by atoms with van der Waals surface area (Å²) in [7, 11) is -5.86. The summed E-state index contributed by atoms with van der Waals surface area (Å²) in [5.41, 5.74) is 0. The number of carbonyl (C=O) groups is 1. The zero-order chi connectivity index (χ0) is 22.8. The highest BCUT2D eigenvalue weighted by atomic mass is 32.2. The van der Waals surface area contributed by atoms with Crippen LogP contribution in [0.15, 0.2) is 35.1 Å². The van der Waals surface area contributed by atoms with Crippen molar-refractivity contribution in [1.82, 2.24) is 19.6 Å². The number of aliphatic imine (C=N–C) groups is 1. The van der Waals surface area contributed by atoms with E-state index in [1.165, 1.54) is 38.2 Å². The molecule has 0 spiro atoms. The topological polar surface area (TPSA) is 169 Å². The van der Waals surface area contributed by atoms with Crippen molar-refractivity contribution in [3.63, 3.8) is 0 Å². The molecule has 2 aliphatic heterocycles. The molecule has 3 rings (SSSR count). The lowest BCUT2D eigenvalue weighted by molar-refractivity contribution is 0.256. The van der Waals surface area contributed by atoms with Gasteiger partial charge >= 0.3 is 6.03 Å². The summed E-state index contributed by atoms with van der Waals surface area (Å²) < 4.78 is 62.7. The second kappa shape index (κ2) is 8.50. The number of hydrogen-bond donors (Lipinski definition) is 2. The van der Waals surface area contributed by atoms with Gasteiger partial charge in [-0.15, -0.1) is 0 Å². The van der Waals surface area contributed by atoms with E-state index in [0.29, 0.717) is 0 Å². The zero-order valence-corrected chi connectivity index (χ0v) is 18.4. The predicted octanol–water partition coefficient (Wildman–Crippen LogP) is -0.169. The number of methoxy groups -OCH3 is 2. The van der Waals surface area contributed by atoms with Crippen molar-refractivity contribution in [2.24, 2.45) is 4.99 Å². The number of hydrogen-bond acceptors (Lipinski definition) is 11. The fraction of sp³-hybridized carbons (Fsp3) is 0.375. The second-order valence-electron chi connectivity index (χ2n) is 6.19. The molecule has 1 aromatic heterocycles. The molecule has 0 bridgehead atoms. The number of rotatable bonds is 6. The number of sulfonamides is 1. The molecule has 0 aromatic carbocycles. The van der Waals surface area contributed by atoms with Gasteiger partial charge < -0.3 is 14.4 Å². The molecular formula is C16H20N6O7S2. The van der Waals surface area contributed by atoms with E-state index in [0.717, 1.165) is 0 Å². The highest BCUT2D eigenvalue weighted by Crippen LogP contribution is 2.29. The van der Waals surface area contributed by atoms with Crippen LogP contribution in [0.1, 0.15) is 6.92 Å². The van der Waals surface area contributed by atoms with Gasteiger partial charge in [0.1, 0.15) is 5.82 Å². The van der Waals surface area contributed by atoms with Gasteiger partial charge in [0.25, 0.3) is 10.0 Å². The molecule has 2 aliphatic rings. The van der Waals surface area contributed by atoms with Gasteiger partial charge in [0.2, 0.25) is 23.1 Å². The number of ether oxygens (including phenoxy) is 2. The summed E-state index contributed by atoms with van der Waals surface area (Å²) in [6, 6.07) is 0.155. The fourth-order valence-corrected chi connectivity index (χ4v) is 5.84. The molecule has 1 aromatic rings. The fourth-order valence-electron chi connectivity index (χ4n) is 2.79. The van der Waals surface area contributed by atoms with E-state index in [4.69, 9.17) is 9.47 Å². The smallest absolute Gasteiger partial charge is 0.335 e. The predicted molar refractivity (Wildman–Crippen MR) is 111 cm³/mol. The third-order valence-electron chi connectivity index (χ3n) is 4.25. The Morgan fingerprint density at radius 1 is 1.19 bits per heavy atom. The van der Waals surface area contributed by atoms with Crippen LogP contribution in [0.3, 0.4) is 0 Å². The molecule has 15 heteroatoms. The lowest BCUT2D eigenvalue weighted by Crippen LogP contribution is -2.51. The van der Waals surface area contributed by atoms with Gasteiger partial charge in [0.15, 0.2) is 14.9 Å². The summed E-state index contributed by atoms with van der Waals surface area (Å²) >= 11 is 0. The first kappa shape index (κ1) is 22.5. The summed E-state index contributed by atoms with van der Waals surface area (Å²) in [4.78, 5) is 25.4. The van der Waals surface area contributed by atoms with Crippen molar-refractivity contribution < 1.29 is 31.1 Å². The quantitative estimate of drug-likeness (QED) is 0.567. The third kappa shape index (κ3) is 4.61. The largest absolute Gasteiger partial charge is 0.481 e. The van der Waals surface area contributed by atoms with Crippen molar-refractivity contribution in [3.8, 4) is 11.8 Å². The number of amides is 2. The third-order valence-corrected chi connectivity index (χ3v) is 7.64. The summed E-state index contributed by atoms with van der Waals surface area (Å²) in [6.45, 7) is 1.47. The number of anilines is 1. The minimum Gasteiger partial charge on any atom is -0.481 e. The minimum absolute atomic E-state index is 0.0686. The number of aromatic nitrogens is 2. The molecule has 2 N–H and O–H groups in total. The number of fused-ring (bicyclic) bond motifs is 1. The summed E-state index contributed by atoms with van der Waals surface area (Å²) in [5, 5.41) is -0.0969. The van der Waals surface area contributed by atoms with Crippen LogP contribution >= 0.6 is 0 Å². The van der Waals surface area contributed by atoms with Gasteiger partial charge in [-0.3, -0.25) is 5.32 Å². The van der Waals surface area contributed by atoms with Crippen molar-refractivity contribution in [3.05, 3.63) is 30.1 Å². The molecule has 1 atom stereocenters. The normalized spacial score (nSPS) is 18.0. The maximum absolute atomic E-state index is 13.0. The number of urea groups is 1. The Morgan fingerprint density at radius 3 is 2.42 bits per heavy atom. The SMILES string of the molecule is CCS(=O)(=O)C1=NC2=CC=CCN2[C@@H]1S(=O)(=O)NC(=O)Nc1nc(OC)cc(OC)n1. The minimum atomic E-state index is -4.56. The van der Waals surface area contributed by atoms with E-state index in [1.807, 2.05) is 0 Å². The van der Waals surface area contributed by atoms with Gasteiger partial charge in [-0.25, -0.2) is 31.3 Å². The van der Waals surface area contributed by atoms with Crippen LogP contribution < -0.4 is 19.5 Å². The van der Waals surface area contributed by atoms with Crippen LogP contribution in [0.4, 0.5) is 10.7 Å². The van der Waals surface area contributed by atoms with Crippen LogP contribution in [-0.2, 0) is 19.9 Å².